The van der Waals surface area contributed by atoms with Gasteiger partial charge in [0.25, 0.3) is 0 Å². The number of Topliss-reactive ketones (excluding diaryl/α,β-unsaturated/α-hetero) is 1. The van der Waals surface area contributed by atoms with E-state index in [2.05, 4.69) is 20.7 Å². The maximum atomic E-state index is 11.7. The van der Waals surface area contributed by atoms with E-state index in [0.717, 1.165) is 7.11 Å². The van der Waals surface area contributed by atoms with Crippen LogP contribution in [0, 0.1) is 5.41 Å². The molecule has 1 rings (SSSR count). The van der Waals surface area contributed by atoms with Gasteiger partial charge in [0.2, 0.25) is 5.78 Å². The summed E-state index contributed by atoms with van der Waals surface area (Å²) in [6.45, 7) is 0. The van der Waals surface area contributed by atoms with Gasteiger partial charge in [0.05, 0.1) is 7.11 Å². The number of rotatable bonds is 3. The molecular weight excluding hydrogens is 276 g/mol. The van der Waals surface area contributed by atoms with Crippen molar-refractivity contribution in [1.82, 2.24) is 0 Å². The average Bonchev–Trinajstić information content (AvgIpc) is 2.26. The Hall–Kier alpha value is -1.69. The van der Waals surface area contributed by atoms with Gasteiger partial charge in [0.1, 0.15) is 0 Å². The predicted octanol–water partition coefficient (Wildman–Crippen LogP) is 1.41. The molecule has 3 N–H and O–H groups in total. The first kappa shape index (κ1) is 12.4. The van der Waals surface area contributed by atoms with Gasteiger partial charge in [-0.25, -0.2) is 4.79 Å². The summed E-state index contributed by atoms with van der Waals surface area (Å²) in [6, 6.07) is 4.57. The Labute approximate surface area is 100 Å². The Morgan fingerprint density at radius 3 is 2.56 bits per heavy atom. The lowest BCUT2D eigenvalue weighted by molar-refractivity contribution is -0.132. The van der Waals surface area contributed by atoms with Gasteiger partial charge in [-0.05, 0) is 18.2 Å². The van der Waals surface area contributed by atoms with Crippen molar-refractivity contribution in [3.05, 3.63) is 28.2 Å². The summed E-state index contributed by atoms with van der Waals surface area (Å²) in [7, 11) is 1.11. The number of hydrogen-bond acceptors (Lipinski definition) is 5. The molecule has 0 spiro atoms. The number of nitrogens with two attached hydrogens (primary N) is 1. The normalized spacial score (nSPS) is 9.62. The number of hydrogen-bond donors (Lipinski definition) is 2. The highest BCUT2D eigenvalue weighted by Crippen LogP contribution is 2.19. The molecule has 0 fully saturated rings. The van der Waals surface area contributed by atoms with Crippen LogP contribution in [-0.2, 0) is 9.53 Å². The van der Waals surface area contributed by atoms with Crippen LogP contribution in [-0.4, -0.2) is 24.6 Å². The zero-order chi connectivity index (χ0) is 12.3. The van der Waals surface area contributed by atoms with Gasteiger partial charge in [-0.15, -0.1) is 0 Å². The number of ether oxygens (including phenoxy) is 1. The first-order valence-electron chi connectivity index (χ1n) is 4.24. The van der Waals surface area contributed by atoms with Crippen LogP contribution in [0.3, 0.4) is 0 Å². The summed E-state index contributed by atoms with van der Waals surface area (Å²) in [6.07, 6.45) is 0. The summed E-state index contributed by atoms with van der Waals surface area (Å²) in [5.74, 6) is -1.73. The fraction of sp³-hybridized carbons (Fsp3) is 0.100. The maximum absolute atomic E-state index is 11.7. The van der Waals surface area contributed by atoms with Crippen molar-refractivity contribution in [2.24, 2.45) is 0 Å². The van der Waals surface area contributed by atoms with E-state index in [4.69, 9.17) is 11.1 Å². The molecule has 0 unspecified atom stereocenters. The fourth-order valence-electron chi connectivity index (χ4n) is 1.07. The zero-order valence-electron chi connectivity index (χ0n) is 8.41. The minimum atomic E-state index is -0.979. The number of methoxy groups -OCH3 is 1. The van der Waals surface area contributed by atoms with Crippen molar-refractivity contribution in [2.75, 3.05) is 12.8 Å². The molecule has 6 heteroatoms. The molecule has 5 nitrogen and oxygen atoms in total. The standard InChI is InChI=1S/C10H9BrN2O3/c1-16-10(15)8(13)9(14)6-3-2-5(11)4-7(6)12/h2-4,13H,12H2,1H3. The van der Waals surface area contributed by atoms with Crippen LogP contribution < -0.4 is 5.73 Å². The minimum Gasteiger partial charge on any atom is -0.464 e. The quantitative estimate of drug-likeness (QED) is 0.288. The van der Waals surface area contributed by atoms with Crippen molar-refractivity contribution in [3.63, 3.8) is 0 Å². The number of esters is 1. The Bertz CT molecular complexity index is 471. The highest BCUT2D eigenvalue weighted by molar-refractivity contribution is 9.10. The lowest BCUT2D eigenvalue weighted by Crippen LogP contribution is -2.25. The van der Waals surface area contributed by atoms with Crippen molar-refractivity contribution < 1.29 is 14.3 Å². The predicted molar refractivity (Wildman–Crippen MR) is 62.6 cm³/mol. The van der Waals surface area contributed by atoms with Crippen molar-refractivity contribution in [1.29, 1.82) is 5.41 Å². The average molecular weight is 285 g/mol. The summed E-state index contributed by atoms with van der Waals surface area (Å²) < 4.78 is 5.00. The van der Waals surface area contributed by atoms with E-state index in [1.54, 1.807) is 6.07 Å². The largest absolute Gasteiger partial charge is 0.464 e. The molecule has 0 bridgehead atoms. The van der Waals surface area contributed by atoms with E-state index >= 15 is 0 Å². The number of anilines is 1. The van der Waals surface area contributed by atoms with E-state index in [1.807, 2.05) is 0 Å². The Morgan fingerprint density at radius 2 is 2.06 bits per heavy atom. The first-order chi connectivity index (χ1) is 7.47. The molecule has 0 aliphatic rings. The lowest BCUT2D eigenvalue weighted by atomic mass is 10.1. The molecule has 1 aromatic rings. The van der Waals surface area contributed by atoms with Gasteiger partial charge in [-0.1, -0.05) is 15.9 Å². The Morgan fingerprint density at radius 1 is 1.44 bits per heavy atom. The summed E-state index contributed by atoms with van der Waals surface area (Å²) in [5, 5.41) is 7.30. The topological polar surface area (TPSA) is 93.2 Å². The third-order valence-electron chi connectivity index (χ3n) is 1.87. The monoisotopic (exact) mass is 284 g/mol. The summed E-state index contributed by atoms with van der Waals surface area (Å²) >= 11 is 3.19. The van der Waals surface area contributed by atoms with Gasteiger partial charge in [0.15, 0.2) is 5.71 Å². The van der Waals surface area contributed by atoms with Crippen LogP contribution in [0.4, 0.5) is 5.69 Å². The third-order valence-corrected chi connectivity index (χ3v) is 2.37. The smallest absolute Gasteiger partial charge is 0.360 e. The van der Waals surface area contributed by atoms with Crippen molar-refractivity contribution in [2.45, 2.75) is 0 Å². The molecule has 0 saturated heterocycles. The molecule has 0 amide bonds. The SMILES string of the molecule is COC(=O)C(=N)C(=O)c1ccc(Br)cc1N. The first-order valence-corrected chi connectivity index (χ1v) is 5.03. The highest BCUT2D eigenvalue weighted by atomic mass is 79.9. The Kier molecular flexibility index (Phi) is 3.78. The molecular formula is C10H9BrN2O3. The number of halogens is 1. The van der Waals surface area contributed by atoms with Crippen LogP contribution in [0.1, 0.15) is 10.4 Å². The molecule has 0 aliphatic heterocycles. The molecule has 0 saturated carbocycles. The van der Waals surface area contributed by atoms with E-state index in [0.29, 0.717) is 4.47 Å². The second kappa shape index (κ2) is 4.89. The Balaban J connectivity index is 3.06. The highest BCUT2D eigenvalue weighted by Gasteiger charge is 2.22. The van der Waals surface area contributed by atoms with Crippen LogP contribution >= 0.6 is 15.9 Å². The van der Waals surface area contributed by atoms with Crippen molar-refractivity contribution >= 4 is 39.1 Å². The van der Waals surface area contributed by atoms with E-state index in [1.165, 1.54) is 12.1 Å². The van der Waals surface area contributed by atoms with E-state index in [9.17, 15) is 9.59 Å². The van der Waals surface area contributed by atoms with Crippen LogP contribution in [0.25, 0.3) is 0 Å². The third kappa shape index (κ3) is 2.46. The molecule has 84 valence electrons. The second-order valence-corrected chi connectivity index (χ2v) is 3.84. The molecule has 0 heterocycles. The number of nitrogen functional groups attached to an aromatic ring is 1. The molecule has 0 radical (unpaired) electrons. The van der Waals surface area contributed by atoms with E-state index in [-0.39, 0.29) is 11.3 Å². The van der Waals surface area contributed by atoms with Gasteiger partial charge in [-0.2, -0.15) is 0 Å². The number of carbonyl (C=O) groups excluding carboxylic acids is 2. The van der Waals surface area contributed by atoms with Crippen LogP contribution in [0.5, 0.6) is 0 Å². The zero-order valence-corrected chi connectivity index (χ0v) is 10.00. The van der Waals surface area contributed by atoms with Gasteiger partial charge < -0.3 is 10.5 Å². The minimum absolute atomic E-state index is 0.110. The van der Waals surface area contributed by atoms with E-state index < -0.39 is 17.5 Å². The van der Waals surface area contributed by atoms with Crippen molar-refractivity contribution in [3.8, 4) is 0 Å². The number of nitrogens with one attached hydrogen (secondary N) is 1. The number of ketones is 1. The van der Waals surface area contributed by atoms with Crippen LogP contribution in [0.15, 0.2) is 22.7 Å². The number of carbonyl (C=O) groups is 2. The lowest BCUT2D eigenvalue weighted by Gasteiger charge is -2.05. The molecule has 1 aromatic carbocycles. The van der Waals surface area contributed by atoms with Crippen LogP contribution in [0.2, 0.25) is 0 Å². The fourth-order valence-corrected chi connectivity index (χ4v) is 1.45. The van der Waals surface area contributed by atoms with Gasteiger partial charge in [-0.3, -0.25) is 10.2 Å². The summed E-state index contributed by atoms with van der Waals surface area (Å²) in [4.78, 5) is 22.6. The maximum Gasteiger partial charge on any atom is 0.360 e. The summed E-state index contributed by atoms with van der Waals surface area (Å²) in [5.41, 5.74) is 5.17. The number of benzene rings is 1. The molecule has 16 heavy (non-hydrogen) atoms. The molecule has 0 aliphatic carbocycles. The van der Waals surface area contributed by atoms with Gasteiger partial charge in [0, 0.05) is 15.7 Å². The molecule has 0 atom stereocenters. The molecule has 0 aromatic heterocycles. The van der Waals surface area contributed by atoms with Gasteiger partial charge >= 0.3 is 5.97 Å². The second-order valence-electron chi connectivity index (χ2n) is 2.93.